The van der Waals surface area contributed by atoms with E-state index in [1.165, 1.54) is 23.9 Å². The van der Waals surface area contributed by atoms with Gasteiger partial charge in [-0.3, -0.25) is 0 Å². The number of nitrogen functional groups attached to an aromatic ring is 1. The summed E-state index contributed by atoms with van der Waals surface area (Å²) >= 11 is 7.40. The average molecular weight is 269 g/mol. The van der Waals surface area contributed by atoms with E-state index < -0.39 is 0 Å². The molecule has 2 nitrogen and oxygen atoms in total. The van der Waals surface area contributed by atoms with Crippen LogP contribution in [-0.2, 0) is 5.75 Å². The molecule has 2 N–H and O–H groups in total. The Morgan fingerprint density at radius 1 is 1.35 bits per heavy atom. The smallest absolute Gasteiger partial charge is 0.133 e. The van der Waals surface area contributed by atoms with Gasteiger partial charge in [0, 0.05) is 22.5 Å². The fraction of sp³-hybridized carbons (Fsp3) is 0.0833. The lowest BCUT2D eigenvalue weighted by molar-refractivity contribution is 0.625. The largest absolute Gasteiger partial charge is 0.399 e. The van der Waals surface area contributed by atoms with Crippen molar-refractivity contribution in [3.63, 3.8) is 0 Å². The van der Waals surface area contributed by atoms with Gasteiger partial charge in [-0.05, 0) is 29.8 Å². The number of hydrogen-bond acceptors (Lipinski definition) is 3. The van der Waals surface area contributed by atoms with Crippen LogP contribution in [0.25, 0.3) is 0 Å². The second-order valence-corrected chi connectivity index (χ2v) is 4.87. The molecule has 0 aliphatic rings. The van der Waals surface area contributed by atoms with Crippen molar-refractivity contribution in [3.8, 4) is 0 Å². The van der Waals surface area contributed by atoms with Crippen molar-refractivity contribution in [2.75, 3.05) is 5.73 Å². The van der Waals surface area contributed by atoms with Gasteiger partial charge in [-0.2, -0.15) is 0 Å². The average Bonchev–Trinajstić information content (AvgIpc) is 2.27. The van der Waals surface area contributed by atoms with Crippen molar-refractivity contribution in [3.05, 3.63) is 53.1 Å². The molecule has 0 spiro atoms. The monoisotopic (exact) mass is 268 g/mol. The van der Waals surface area contributed by atoms with Crippen LogP contribution in [0.3, 0.4) is 0 Å². The highest BCUT2D eigenvalue weighted by molar-refractivity contribution is 7.98. The topological polar surface area (TPSA) is 38.9 Å². The molecular formula is C12H10ClFN2S. The first-order valence-electron chi connectivity index (χ1n) is 4.93. The van der Waals surface area contributed by atoms with Crippen LogP contribution in [0.2, 0.25) is 5.15 Å². The fourth-order valence-electron chi connectivity index (χ4n) is 1.36. The maximum Gasteiger partial charge on any atom is 0.133 e. The molecule has 0 atom stereocenters. The van der Waals surface area contributed by atoms with Crippen LogP contribution in [0.4, 0.5) is 10.1 Å². The van der Waals surface area contributed by atoms with E-state index in [-0.39, 0.29) is 5.82 Å². The van der Waals surface area contributed by atoms with Gasteiger partial charge in [0.05, 0.1) is 0 Å². The molecule has 0 radical (unpaired) electrons. The number of pyridine rings is 1. The van der Waals surface area contributed by atoms with E-state index in [9.17, 15) is 4.39 Å². The van der Waals surface area contributed by atoms with Gasteiger partial charge >= 0.3 is 0 Å². The standard InChI is InChI=1S/C12H10ClFN2S/c13-12-8(2-1-3-16-12)7-17-11-5-9(14)4-10(15)6-11/h1-6H,7,15H2. The number of halogens is 2. The number of benzene rings is 1. The van der Waals surface area contributed by atoms with Crippen molar-refractivity contribution < 1.29 is 4.39 Å². The Hall–Kier alpha value is -1.26. The molecule has 2 rings (SSSR count). The molecule has 0 saturated carbocycles. The van der Waals surface area contributed by atoms with E-state index in [1.807, 2.05) is 12.1 Å². The third-order valence-corrected chi connectivity index (χ3v) is 3.49. The van der Waals surface area contributed by atoms with Gasteiger partial charge in [-0.15, -0.1) is 11.8 Å². The number of hydrogen-bond donors (Lipinski definition) is 1. The minimum atomic E-state index is -0.329. The Morgan fingerprint density at radius 2 is 2.18 bits per heavy atom. The molecule has 88 valence electrons. The van der Waals surface area contributed by atoms with Crippen molar-refractivity contribution >= 4 is 29.1 Å². The number of aromatic nitrogens is 1. The molecule has 1 aromatic carbocycles. The SMILES string of the molecule is Nc1cc(F)cc(SCc2cccnc2Cl)c1. The van der Waals surface area contributed by atoms with Crippen molar-refractivity contribution in [2.24, 2.45) is 0 Å². The zero-order valence-electron chi connectivity index (χ0n) is 8.86. The Balaban J connectivity index is 2.10. The van der Waals surface area contributed by atoms with E-state index in [1.54, 1.807) is 12.3 Å². The Labute approximate surface area is 108 Å². The molecule has 0 aliphatic carbocycles. The summed E-state index contributed by atoms with van der Waals surface area (Å²) in [5.74, 6) is 0.306. The highest BCUT2D eigenvalue weighted by Crippen LogP contribution is 2.27. The summed E-state index contributed by atoms with van der Waals surface area (Å²) in [6, 6.07) is 8.19. The fourth-order valence-corrected chi connectivity index (χ4v) is 2.59. The number of rotatable bonds is 3. The number of thioether (sulfide) groups is 1. The van der Waals surface area contributed by atoms with E-state index in [4.69, 9.17) is 17.3 Å². The van der Waals surface area contributed by atoms with Crippen molar-refractivity contribution in [2.45, 2.75) is 10.6 Å². The first-order chi connectivity index (χ1) is 8.15. The normalized spacial score (nSPS) is 10.5. The maximum absolute atomic E-state index is 13.1. The van der Waals surface area contributed by atoms with Gasteiger partial charge in [-0.1, -0.05) is 17.7 Å². The minimum Gasteiger partial charge on any atom is -0.399 e. The molecule has 0 unspecified atom stereocenters. The Morgan fingerprint density at radius 3 is 2.88 bits per heavy atom. The Kier molecular flexibility index (Phi) is 3.86. The second kappa shape index (κ2) is 5.38. The zero-order chi connectivity index (χ0) is 12.3. The van der Waals surface area contributed by atoms with Crippen LogP contribution in [0.15, 0.2) is 41.4 Å². The second-order valence-electron chi connectivity index (χ2n) is 3.46. The molecule has 0 bridgehead atoms. The van der Waals surface area contributed by atoms with Gasteiger partial charge in [0.25, 0.3) is 0 Å². The lowest BCUT2D eigenvalue weighted by Crippen LogP contribution is -1.89. The minimum absolute atomic E-state index is 0.329. The van der Waals surface area contributed by atoms with E-state index in [2.05, 4.69) is 4.98 Å². The molecule has 1 heterocycles. The summed E-state index contributed by atoms with van der Waals surface area (Å²) in [5.41, 5.74) is 6.91. The van der Waals surface area contributed by atoms with Gasteiger partial charge in [0.1, 0.15) is 11.0 Å². The summed E-state index contributed by atoms with van der Waals surface area (Å²) in [6.07, 6.45) is 1.64. The van der Waals surface area contributed by atoms with Crippen LogP contribution in [-0.4, -0.2) is 4.98 Å². The van der Waals surface area contributed by atoms with Gasteiger partial charge < -0.3 is 5.73 Å². The van der Waals surface area contributed by atoms with Crippen molar-refractivity contribution in [1.29, 1.82) is 0 Å². The molecule has 0 saturated heterocycles. The van der Waals surface area contributed by atoms with Crippen LogP contribution < -0.4 is 5.73 Å². The molecule has 2 aromatic rings. The van der Waals surface area contributed by atoms with Crippen LogP contribution >= 0.6 is 23.4 Å². The predicted octanol–water partition coefficient (Wildman–Crippen LogP) is 3.75. The Bertz CT molecular complexity index is 513. The number of anilines is 1. The molecule has 0 fully saturated rings. The van der Waals surface area contributed by atoms with Crippen LogP contribution in [0.5, 0.6) is 0 Å². The van der Waals surface area contributed by atoms with Gasteiger partial charge in [-0.25, -0.2) is 9.37 Å². The zero-order valence-corrected chi connectivity index (χ0v) is 10.4. The van der Waals surface area contributed by atoms with E-state index >= 15 is 0 Å². The third kappa shape index (κ3) is 3.35. The quantitative estimate of drug-likeness (QED) is 0.523. The lowest BCUT2D eigenvalue weighted by atomic mass is 10.3. The lowest BCUT2D eigenvalue weighted by Gasteiger charge is -2.04. The number of nitrogens with two attached hydrogens (primary N) is 1. The summed E-state index contributed by atoms with van der Waals surface area (Å²) in [7, 11) is 0. The first kappa shape index (κ1) is 12.2. The van der Waals surface area contributed by atoms with Crippen molar-refractivity contribution in [1.82, 2.24) is 4.98 Å². The first-order valence-corrected chi connectivity index (χ1v) is 6.30. The maximum atomic E-state index is 13.1. The van der Waals surface area contributed by atoms with Crippen LogP contribution in [0.1, 0.15) is 5.56 Å². The third-order valence-electron chi connectivity index (χ3n) is 2.12. The van der Waals surface area contributed by atoms with Crippen LogP contribution in [0, 0.1) is 5.82 Å². The molecule has 0 amide bonds. The summed E-state index contributed by atoms with van der Waals surface area (Å²) in [6.45, 7) is 0. The number of nitrogens with zero attached hydrogens (tertiary/aromatic N) is 1. The summed E-state index contributed by atoms with van der Waals surface area (Å²) in [5, 5.41) is 0.476. The molecule has 5 heteroatoms. The molecule has 1 aromatic heterocycles. The van der Waals surface area contributed by atoms with E-state index in [0.717, 1.165) is 10.5 Å². The predicted molar refractivity (Wildman–Crippen MR) is 69.6 cm³/mol. The molecule has 17 heavy (non-hydrogen) atoms. The summed E-state index contributed by atoms with van der Waals surface area (Å²) < 4.78 is 13.1. The highest BCUT2D eigenvalue weighted by atomic mass is 35.5. The molecule has 0 aliphatic heterocycles. The van der Waals surface area contributed by atoms with Gasteiger partial charge in [0.2, 0.25) is 0 Å². The highest BCUT2D eigenvalue weighted by Gasteiger charge is 2.03. The van der Waals surface area contributed by atoms with E-state index in [0.29, 0.717) is 16.6 Å². The summed E-state index contributed by atoms with van der Waals surface area (Å²) in [4.78, 5) is 4.76. The van der Waals surface area contributed by atoms with Gasteiger partial charge in [0.15, 0.2) is 0 Å². The molecular weight excluding hydrogens is 259 g/mol.